The molecule has 0 aromatic carbocycles. The highest BCUT2D eigenvalue weighted by Gasteiger charge is 2.32. The fourth-order valence-electron chi connectivity index (χ4n) is 1.22. The van der Waals surface area contributed by atoms with Gasteiger partial charge in [-0.2, -0.15) is 0 Å². The van der Waals surface area contributed by atoms with Crippen molar-refractivity contribution < 1.29 is 14.3 Å². The first-order valence-electron chi connectivity index (χ1n) is 3.71. The summed E-state index contributed by atoms with van der Waals surface area (Å²) >= 11 is 5.62. The molecule has 72 valence electrons. The van der Waals surface area contributed by atoms with E-state index in [-0.39, 0.29) is 5.03 Å². The average Bonchev–Trinajstić information content (AvgIpc) is 2.58. The number of fused-ring (bicyclic) bond motifs is 1. The van der Waals surface area contributed by atoms with Gasteiger partial charge in [0.2, 0.25) is 0 Å². The number of nitrogens with zero attached hydrogens (tertiary/aromatic N) is 2. The summed E-state index contributed by atoms with van der Waals surface area (Å²) in [5, 5.41) is 8.39. The van der Waals surface area contributed by atoms with Crippen LogP contribution in [0.15, 0.2) is 32.5 Å². The average molecular weight is 215 g/mol. The molecule has 2 aliphatic heterocycles. The molecule has 0 aromatic heterocycles. The smallest absolute Gasteiger partial charge is 0.357 e. The Bertz CT molecular complexity index is 433. The van der Waals surface area contributed by atoms with Crippen LogP contribution in [0.1, 0.15) is 0 Å². The summed E-state index contributed by atoms with van der Waals surface area (Å²) in [6.45, 7) is 0. The number of dihydropyridines is 1. The van der Waals surface area contributed by atoms with Crippen molar-refractivity contribution in [1.29, 1.82) is 0 Å². The van der Waals surface area contributed by atoms with E-state index in [9.17, 15) is 9.18 Å². The van der Waals surface area contributed by atoms with Gasteiger partial charge in [0.05, 0.1) is 5.03 Å². The monoisotopic (exact) mass is 214 g/mol. The van der Waals surface area contributed by atoms with Crippen molar-refractivity contribution in [2.75, 3.05) is 0 Å². The molecular formula is C8H4ClFN2O2. The van der Waals surface area contributed by atoms with Gasteiger partial charge in [0.1, 0.15) is 0 Å². The Balaban J connectivity index is 2.53. The molecule has 0 unspecified atom stereocenters. The number of carboxylic acids is 1. The number of halogens is 2. The second kappa shape index (κ2) is 3.02. The lowest BCUT2D eigenvalue weighted by atomic mass is 10.1. The van der Waals surface area contributed by atoms with E-state index in [0.29, 0.717) is 5.57 Å². The van der Waals surface area contributed by atoms with Crippen LogP contribution >= 0.6 is 11.6 Å². The van der Waals surface area contributed by atoms with Gasteiger partial charge < -0.3 is 5.11 Å². The van der Waals surface area contributed by atoms with Crippen LogP contribution in [0, 0.1) is 0 Å². The van der Waals surface area contributed by atoms with E-state index in [0.717, 1.165) is 0 Å². The van der Waals surface area contributed by atoms with Gasteiger partial charge in [0.25, 0.3) is 0 Å². The summed E-state index contributed by atoms with van der Waals surface area (Å²) < 4.78 is 13.3. The van der Waals surface area contributed by atoms with E-state index >= 15 is 0 Å². The maximum atomic E-state index is 13.3. The summed E-state index contributed by atoms with van der Waals surface area (Å²) in [7, 11) is 0. The van der Waals surface area contributed by atoms with Gasteiger partial charge in [-0.25, -0.2) is 14.2 Å². The number of carbonyl (C=O) groups is 1. The summed E-state index contributed by atoms with van der Waals surface area (Å²) in [6, 6.07) is 0. The predicted molar refractivity (Wildman–Crippen MR) is 49.4 cm³/mol. The zero-order chi connectivity index (χ0) is 10.3. The van der Waals surface area contributed by atoms with E-state index in [2.05, 4.69) is 9.98 Å². The quantitative estimate of drug-likeness (QED) is 0.715. The molecule has 0 bridgehead atoms. The van der Waals surface area contributed by atoms with Gasteiger partial charge in [-0.05, 0) is 6.08 Å². The fourth-order valence-corrected chi connectivity index (χ4v) is 1.47. The molecule has 0 spiro atoms. The van der Waals surface area contributed by atoms with Crippen LogP contribution < -0.4 is 0 Å². The third-order valence-corrected chi connectivity index (χ3v) is 2.25. The molecule has 1 N–H and O–H groups in total. The van der Waals surface area contributed by atoms with Crippen LogP contribution in [0.25, 0.3) is 0 Å². The topological polar surface area (TPSA) is 62.0 Å². The molecule has 6 heteroatoms. The predicted octanol–water partition coefficient (Wildman–Crippen LogP) is 1.28. The lowest BCUT2D eigenvalue weighted by molar-refractivity contribution is -0.129. The molecule has 0 aliphatic carbocycles. The second-order valence-corrected chi connectivity index (χ2v) is 3.08. The number of hydrogen-bond donors (Lipinski definition) is 1. The van der Waals surface area contributed by atoms with E-state index in [4.69, 9.17) is 16.7 Å². The molecule has 1 atom stereocenters. The number of hydrogen-bond acceptors (Lipinski definition) is 3. The van der Waals surface area contributed by atoms with Crippen molar-refractivity contribution >= 4 is 29.5 Å². The van der Waals surface area contributed by atoms with Gasteiger partial charge in [-0.3, -0.25) is 4.99 Å². The minimum atomic E-state index is -1.44. The minimum absolute atomic E-state index is 0.222. The van der Waals surface area contributed by atoms with Gasteiger partial charge in [-0.15, -0.1) is 0 Å². The third kappa shape index (κ3) is 1.17. The summed E-state index contributed by atoms with van der Waals surface area (Å²) in [5.41, 5.74) is -0.273. The Morgan fingerprint density at radius 1 is 1.64 bits per heavy atom. The Hall–Kier alpha value is -1.49. The number of allylic oxidation sites excluding steroid dienone is 1. The van der Waals surface area contributed by atoms with Crippen LogP contribution in [0.3, 0.4) is 0 Å². The number of aliphatic carboxylic acids is 1. The molecule has 0 saturated heterocycles. The Morgan fingerprint density at radius 3 is 3.00 bits per heavy atom. The fraction of sp³-hybridized carbons (Fsp3) is 0.125. The zero-order valence-electron chi connectivity index (χ0n) is 6.74. The van der Waals surface area contributed by atoms with Crippen LogP contribution in [0.4, 0.5) is 4.39 Å². The molecule has 0 saturated carbocycles. The first kappa shape index (κ1) is 9.08. The highest BCUT2D eigenvalue weighted by atomic mass is 35.5. The molecule has 0 fully saturated rings. The maximum Gasteiger partial charge on any atom is 0.357 e. The van der Waals surface area contributed by atoms with Crippen LogP contribution in [0.5, 0.6) is 0 Å². The second-order valence-electron chi connectivity index (χ2n) is 2.70. The molecular weight excluding hydrogens is 211 g/mol. The Kier molecular flexibility index (Phi) is 1.96. The maximum absolute atomic E-state index is 13.3. The van der Waals surface area contributed by atoms with Crippen molar-refractivity contribution in [1.82, 2.24) is 0 Å². The summed E-state index contributed by atoms with van der Waals surface area (Å²) in [6.07, 6.45) is 2.23. The van der Waals surface area contributed by atoms with Crippen LogP contribution in [-0.2, 0) is 4.79 Å². The highest BCUT2D eigenvalue weighted by molar-refractivity contribution is 6.46. The SMILES string of the molecule is O=C(O)C1=N[C@@H]2N=CC=C2C(Cl)=C1F. The summed E-state index contributed by atoms with van der Waals surface area (Å²) in [5.74, 6) is -2.45. The van der Waals surface area contributed by atoms with Crippen molar-refractivity contribution in [2.24, 2.45) is 9.98 Å². The van der Waals surface area contributed by atoms with Crippen molar-refractivity contribution in [3.05, 3.63) is 22.5 Å². The van der Waals surface area contributed by atoms with Crippen molar-refractivity contribution in [3.63, 3.8) is 0 Å². The number of carboxylic acid groups (broad SMARTS) is 1. The van der Waals surface area contributed by atoms with Crippen molar-refractivity contribution in [2.45, 2.75) is 6.17 Å². The van der Waals surface area contributed by atoms with Gasteiger partial charge in [0.15, 0.2) is 17.7 Å². The first-order valence-corrected chi connectivity index (χ1v) is 4.09. The zero-order valence-corrected chi connectivity index (χ0v) is 7.49. The van der Waals surface area contributed by atoms with E-state index < -0.39 is 23.7 Å². The normalized spacial score (nSPS) is 24.6. The molecule has 2 rings (SSSR count). The Morgan fingerprint density at radius 2 is 2.36 bits per heavy atom. The van der Waals surface area contributed by atoms with Crippen molar-refractivity contribution in [3.8, 4) is 0 Å². The standard InChI is InChI=1S/C8H4ClFN2O2/c9-4-3-1-2-11-7(3)12-6(5(4)10)8(13)14/h1-2,7H,(H,13,14)/t7-/m0/s1. The van der Waals surface area contributed by atoms with E-state index in [1.165, 1.54) is 12.3 Å². The molecule has 0 radical (unpaired) electrons. The molecule has 14 heavy (non-hydrogen) atoms. The van der Waals surface area contributed by atoms with E-state index in [1.54, 1.807) is 0 Å². The first-order chi connectivity index (χ1) is 6.61. The number of rotatable bonds is 1. The van der Waals surface area contributed by atoms with Crippen LogP contribution in [0.2, 0.25) is 0 Å². The molecule has 4 nitrogen and oxygen atoms in total. The minimum Gasteiger partial charge on any atom is -0.476 e. The highest BCUT2D eigenvalue weighted by Crippen LogP contribution is 2.32. The molecule has 2 heterocycles. The molecule has 2 aliphatic rings. The summed E-state index contributed by atoms with van der Waals surface area (Å²) in [4.78, 5) is 18.0. The van der Waals surface area contributed by atoms with Crippen LogP contribution in [-0.4, -0.2) is 29.2 Å². The lowest BCUT2D eigenvalue weighted by Crippen LogP contribution is -2.22. The largest absolute Gasteiger partial charge is 0.476 e. The number of aliphatic imine (C=N–C) groups is 2. The van der Waals surface area contributed by atoms with Gasteiger partial charge in [0, 0.05) is 11.8 Å². The van der Waals surface area contributed by atoms with E-state index in [1.807, 2.05) is 0 Å². The van der Waals surface area contributed by atoms with Gasteiger partial charge in [-0.1, -0.05) is 11.6 Å². The molecule has 0 amide bonds. The molecule has 0 aromatic rings. The third-order valence-electron chi connectivity index (χ3n) is 1.87. The Labute approximate surface area is 83.1 Å². The van der Waals surface area contributed by atoms with Gasteiger partial charge >= 0.3 is 5.97 Å². The lowest BCUT2D eigenvalue weighted by Gasteiger charge is -2.15.